The van der Waals surface area contributed by atoms with Crippen LogP contribution in [-0.4, -0.2) is 96.8 Å². The predicted octanol–water partition coefficient (Wildman–Crippen LogP) is 2.84. The lowest BCUT2D eigenvalue weighted by Crippen LogP contribution is -2.35. The Balaban J connectivity index is -0.00000102. The van der Waals surface area contributed by atoms with Gasteiger partial charge in [0.05, 0.1) is 72.1 Å². The fourth-order valence-corrected chi connectivity index (χ4v) is 2.09. The number of carbonyl (C=O) groups is 1. The number of alkyl halides is 1. The number of rotatable bonds is 21. The maximum Gasteiger partial charge on any atom is 0.216 e. The molecule has 0 radical (unpaired) electrons. The Morgan fingerprint density at radius 3 is 1.77 bits per heavy atom. The number of halogens is 1. The van der Waals surface area contributed by atoms with Gasteiger partial charge in [-0.3, -0.25) is 4.79 Å². The molecule has 0 aliphatic carbocycles. The molecule has 0 fully saturated rings. The summed E-state index contributed by atoms with van der Waals surface area (Å²) in [5.41, 5.74) is 0. The standard InChI is InChI=1S/C20H41FN2O6.C2H6.2H2/c1-5-17(2)22-6-7-25-8-9-26-10-11-27-12-13-28-14-15-29-18(3)20(21)16-23-19(4)24;1-2;;/h17-18,20,22H,5-16H2,1-4H3,(H,23,24);1-2H3;2*1H. The Labute approximate surface area is 191 Å². The van der Waals surface area contributed by atoms with Crippen LogP contribution in [0, 0.1) is 0 Å². The second kappa shape index (κ2) is 25.4. The normalized spacial score (nSPS) is 13.8. The van der Waals surface area contributed by atoms with E-state index in [4.69, 9.17) is 23.7 Å². The van der Waals surface area contributed by atoms with Crippen molar-refractivity contribution in [1.82, 2.24) is 10.6 Å². The van der Waals surface area contributed by atoms with Crippen LogP contribution in [-0.2, 0) is 28.5 Å². The summed E-state index contributed by atoms with van der Waals surface area (Å²) < 4.78 is 40.6. The minimum Gasteiger partial charge on any atom is -0.378 e. The summed E-state index contributed by atoms with van der Waals surface area (Å²) in [6, 6.07) is 0.524. The van der Waals surface area contributed by atoms with Gasteiger partial charge in [0.2, 0.25) is 5.91 Å². The van der Waals surface area contributed by atoms with Gasteiger partial charge in [-0.2, -0.15) is 0 Å². The molecule has 8 nitrogen and oxygen atoms in total. The monoisotopic (exact) mass is 458 g/mol. The number of amides is 1. The molecule has 0 aromatic carbocycles. The molecule has 0 aromatic rings. The topological polar surface area (TPSA) is 87.3 Å². The lowest BCUT2D eigenvalue weighted by Gasteiger charge is -2.17. The van der Waals surface area contributed by atoms with Crippen LogP contribution in [0.2, 0.25) is 0 Å². The van der Waals surface area contributed by atoms with E-state index in [9.17, 15) is 9.18 Å². The molecule has 3 atom stereocenters. The summed E-state index contributed by atoms with van der Waals surface area (Å²) in [6.45, 7) is 16.5. The molecule has 9 heteroatoms. The van der Waals surface area contributed by atoms with E-state index in [0.717, 1.165) is 13.0 Å². The molecule has 0 aromatic heterocycles. The zero-order valence-corrected chi connectivity index (χ0v) is 20.5. The van der Waals surface area contributed by atoms with Gasteiger partial charge in [0.25, 0.3) is 0 Å². The molecule has 0 aliphatic rings. The van der Waals surface area contributed by atoms with E-state index in [0.29, 0.717) is 58.9 Å². The van der Waals surface area contributed by atoms with E-state index >= 15 is 0 Å². The summed E-state index contributed by atoms with van der Waals surface area (Å²) in [5, 5.41) is 5.78. The highest BCUT2D eigenvalue weighted by Gasteiger charge is 2.16. The number of hydrogen-bond acceptors (Lipinski definition) is 7. The van der Waals surface area contributed by atoms with E-state index in [1.165, 1.54) is 6.92 Å². The summed E-state index contributed by atoms with van der Waals surface area (Å²) in [6.07, 6.45) is -0.727. The quantitative estimate of drug-likeness (QED) is 0.256. The van der Waals surface area contributed by atoms with E-state index in [-0.39, 0.29) is 21.9 Å². The number of carbonyl (C=O) groups excluding carboxylic acids is 1. The highest BCUT2D eigenvalue weighted by Crippen LogP contribution is 2.02. The Hall–Kier alpha value is -0.840. The van der Waals surface area contributed by atoms with E-state index in [2.05, 4.69) is 24.5 Å². The van der Waals surface area contributed by atoms with E-state index in [1.807, 2.05) is 13.8 Å². The van der Waals surface area contributed by atoms with Crippen LogP contribution in [0.4, 0.5) is 4.39 Å². The fraction of sp³-hybridized carbons (Fsp3) is 0.955. The van der Waals surface area contributed by atoms with Gasteiger partial charge in [-0.1, -0.05) is 20.8 Å². The molecular weight excluding hydrogens is 407 g/mol. The first-order chi connectivity index (χ1) is 15.0. The maximum absolute atomic E-state index is 13.7. The van der Waals surface area contributed by atoms with Gasteiger partial charge in [-0.15, -0.1) is 0 Å². The minimum absolute atomic E-state index is 0. The highest BCUT2D eigenvalue weighted by atomic mass is 19.1. The first-order valence-electron chi connectivity index (χ1n) is 11.5. The van der Waals surface area contributed by atoms with Gasteiger partial charge in [0.15, 0.2) is 0 Å². The summed E-state index contributed by atoms with van der Waals surface area (Å²) in [7, 11) is 0. The molecule has 0 saturated heterocycles. The van der Waals surface area contributed by atoms with Crippen molar-refractivity contribution in [1.29, 1.82) is 0 Å². The van der Waals surface area contributed by atoms with Crippen LogP contribution in [0.1, 0.15) is 50.8 Å². The summed E-state index contributed by atoms with van der Waals surface area (Å²) in [5.74, 6) is -0.257. The van der Waals surface area contributed by atoms with Crippen molar-refractivity contribution < 1.29 is 35.7 Å². The molecule has 0 aliphatic heterocycles. The van der Waals surface area contributed by atoms with Crippen LogP contribution in [0.5, 0.6) is 0 Å². The first-order valence-corrected chi connectivity index (χ1v) is 11.5. The van der Waals surface area contributed by atoms with Crippen molar-refractivity contribution >= 4 is 5.91 Å². The van der Waals surface area contributed by atoms with Crippen molar-refractivity contribution in [3.05, 3.63) is 0 Å². The van der Waals surface area contributed by atoms with Crippen LogP contribution in [0.25, 0.3) is 0 Å². The third-order valence-electron chi connectivity index (χ3n) is 4.13. The third-order valence-corrected chi connectivity index (χ3v) is 4.13. The SMILES string of the molecule is CC.CCC(C)NCCOCCOCCOCCOCCOC(C)C(F)CNC(C)=O.[HH].[HH]. The first kappa shape index (κ1) is 32.3. The maximum atomic E-state index is 13.7. The van der Waals surface area contributed by atoms with Crippen LogP contribution in [0.15, 0.2) is 0 Å². The fourth-order valence-electron chi connectivity index (χ4n) is 2.09. The number of ether oxygens (including phenoxy) is 5. The van der Waals surface area contributed by atoms with Gasteiger partial charge in [0.1, 0.15) is 6.17 Å². The smallest absolute Gasteiger partial charge is 0.216 e. The molecule has 192 valence electrons. The zero-order chi connectivity index (χ0) is 23.7. The lowest BCUT2D eigenvalue weighted by molar-refractivity contribution is -0.119. The van der Waals surface area contributed by atoms with Crippen LogP contribution < -0.4 is 10.6 Å². The van der Waals surface area contributed by atoms with Gasteiger partial charge >= 0.3 is 0 Å². The molecule has 1 amide bonds. The molecule has 31 heavy (non-hydrogen) atoms. The average molecular weight is 459 g/mol. The van der Waals surface area contributed by atoms with Gasteiger partial charge in [-0.25, -0.2) is 4.39 Å². The Morgan fingerprint density at radius 2 is 1.32 bits per heavy atom. The van der Waals surface area contributed by atoms with E-state index < -0.39 is 12.3 Å². The van der Waals surface area contributed by atoms with Crippen LogP contribution >= 0.6 is 0 Å². The van der Waals surface area contributed by atoms with Crippen molar-refractivity contribution in [2.24, 2.45) is 0 Å². The number of hydrogen-bond donors (Lipinski definition) is 2. The average Bonchev–Trinajstić information content (AvgIpc) is 2.77. The number of nitrogens with one attached hydrogen (secondary N) is 2. The Morgan fingerprint density at radius 1 is 0.871 bits per heavy atom. The van der Waals surface area contributed by atoms with Crippen molar-refractivity contribution in [2.75, 3.05) is 72.6 Å². The molecule has 0 heterocycles. The second-order valence-electron chi connectivity index (χ2n) is 6.74. The van der Waals surface area contributed by atoms with Gasteiger partial charge < -0.3 is 34.3 Å². The Bertz CT molecular complexity index is 391. The molecular formula is C22H51FN2O6. The second-order valence-corrected chi connectivity index (χ2v) is 6.74. The molecule has 3 unspecified atom stereocenters. The molecule has 2 N–H and O–H groups in total. The van der Waals surface area contributed by atoms with Crippen LogP contribution in [0.3, 0.4) is 0 Å². The molecule has 0 rings (SSSR count). The third kappa shape index (κ3) is 25.3. The largest absolute Gasteiger partial charge is 0.378 e. The summed E-state index contributed by atoms with van der Waals surface area (Å²) >= 11 is 0. The van der Waals surface area contributed by atoms with Gasteiger partial charge in [0, 0.05) is 22.4 Å². The Kier molecular flexibility index (Phi) is 26.5. The van der Waals surface area contributed by atoms with Crippen molar-refractivity contribution in [3.63, 3.8) is 0 Å². The van der Waals surface area contributed by atoms with Gasteiger partial charge in [-0.05, 0) is 20.3 Å². The summed E-state index contributed by atoms with van der Waals surface area (Å²) in [4.78, 5) is 10.7. The predicted molar refractivity (Wildman–Crippen MR) is 126 cm³/mol. The highest BCUT2D eigenvalue weighted by molar-refractivity contribution is 5.72. The minimum atomic E-state index is -1.24. The molecule has 0 bridgehead atoms. The van der Waals surface area contributed by atoms with E-state index in [1.54, 1.807) is 6.92 Å². The zero-order valence-electron chi connectivity index (χ0n) is 20.5. The van der Waals surface area contributed by atoms with Crippen molar-refractivity contribution in [3.8, 4) is 0 Å². The molecule has 0 spiro atoms. The van der Waals surface area contributed by atoms with Crippen molar-refractivity contribution in [2.45, 2.75) is 66.3 Å². The lowest BCUT2D eigenvalue weighted by atomic mass is 10.2. The molecule has 0 saturated carbocycles.